The van der Waals surface area contributed by atoms with Gasteiger partial charge < -0.3 is 0 Å². The maximum absolute atomic E-state index is 4.74. The standard InChI is InChI=1S/C18H24N4/c1-13(22-11-3-4-12-22)14-5-7-15(8-6-14)17-19-18(16-9-10-16)21(2)20-17/h5-8,13,16H,3-4,9-12H2,1-2H3. The zero-order valence-electron chi connectivity index (χ0n) is 13.5. The second-order valence-corrected chi connectivity index (χ2v) is 6.73. The Hall–Kier alpha value is -1.68. The Morgan fingerprint density at radius 3 is 2.41 bits per heavy atom. The predicted molar refractivity (Wildman–Crippen MR) is 87.6 cm³/mol. The molecule has 0 spiro atoms. The van der Waals surface area contributed by atoms with Gasteiger partial charge in [0.05, 0.1) is 0 Å². The van der Waals surface area contributed by atoms with Crippen LogP contribution in [0.4, 0.5) is 0 Å². The lowest BCUT2D eigenvalue weighted by Crippen LogP contribution is -2.23. The van der Waals surface area contributed by atoms with E-state index in [0.29, 0.717) is 12.0 Å². The summed E-state index contributed by atoms with van der Waals surface area (Å²) in [4.78, 5) is 7.30. The van der Waals surface area contributed by atoms with E-state index < -0.39 is 0 Å². The molecule has 2 aromatic rings. The molecule has 4 heteroatoms. The van der Waals surface area contributed by atoms with E-state index >= 15 is 0 Å². The van der Waals surface area contributed by atoms with Crippen molar-refractivity contribution < 1.29 is 0 Å². The van der Waals surface area contributed by atoms with Crippen LogP contribution in [0.15, 0.2) is 24.3 Å². The molecule has 2 heterocycles. The summed E-state index contributed by atoms with van der Waals surface area (Å²) in [7, 11) is 2.01. The molecular weight excluding hydrogens is 272 g/mol. The first-order valence-corrected chi connectivity index (χ1v) is 8.47. The molecule has 1 aromatic carbocycles. The van der Waals surface area contributed by atoms with E-state index in [9.17, 15) is 0 Å². The molecule has 22 heavy (non-hydrogen) atoms. The summed E-state index contributed by atoms with van der Waals surface area (Å²) < 4.78 is 1.95. The molecule has 1 atom stereocenters. The van der Waals surface area contributed by atoms with E-state index in [1.165, 1.54) is 44.3 Å². The molecule has 116 valence electrons. The van der Waals surface area contributed by atoms with E-state index in [1.807, 2.05) is 11.7 Å². The minimum atomic E-state index is 0.510. The summed E-state index contributed by atoms with van der Waals surface area (Å²) in [6.07, 6.45) is 5.20. The Morgan fingerprint density at radius 2 is 1.77 bits per heavy atom. The van der Waals surface area contributed by atoms with Crippen molar-refractivity contribution in [1.82, 2.24) is 19.7 Å². The Labute approximate surface area is 132 Å². The topological polar surface area (TPSA) is 34.0 Å². The molecule has 0 amide bonds. The monoisotopic (exact) mass is 296 g/mol. The number of benzene rings is 1. The van der Waals surface area contributed by atoms with Gasteiger partial charge in [0.15, 0.2) is 5.82 Å². The molecule has 0 N–H and O–H groups in total. The first kappa shape index (κ1) is 13.9. The fourth-order valence-corrected chi connectivity index (χ4v) is 3.47. The summed E-state index contributed by atoms with van der Waals surface area (Å²) in [6, 6.07) is 9.34. The fourth-order valence-electron chi connectivity index (χ4n) is 3.47. The van der Waals surface area contributed by atoms with Crippen molar-refractivity contribution in [2.45, 2.75) is 44.6 Å². The fraction of sp³-hybridized carbons (Fsp3) is 0.556. The van der Waals surface area contributed by atoms with Gasteiger partial charge in [-0.3, -0.25) is 9.58 Å². The van der Waals surface area contributed by atoms with Gasteiger partial charge in [0, 0.05) is 24.6 Å². The van der Waals surface area contributed by atoms with Crippen molar-refractivity contribution in [2.24, 2.45) is 7.05 Å². The number of rotatable bonds is 4. The van der Waals surface area contributed by atoms with Crippen LogP contribution in [-0.4, -0.2) is 32.8 Å². The van der Waals surface area contributed by atoms with Crippen LogP contribution in [0, 0.1) is 0 Å². The number of nitrogens with zero attached hydrogens (tertiary/aromatic N) is 4. The highest BCUT2D eigenvalue weighted by atomic mass is 15.3. The summed E-state index contributed by atoms with van der Waals surface area (Å²) in [5.41, 5.74) is 2.52. The highest BCUT2D eigenvalue weighted by Crippen LogP contribution is 2.39. The van der Waals surface area contributed by atoms with Crippen LogP contribution in [0.3, 0.4) is 0 Å². The van der Waals surface area contributed by atoms with Crippen LogP contribution in [0.2, 0.25) is 0 Å². The van der Waals surface area contributed by atoms with E-state index in [1.54, 1.807) is 0 Å². The van der Waals surface area contributed by atoms with Crippen LogP contribution < -0.4 is 0 Å². The Kier molecular flexibility index (Phi) is 3.49. The average molecular weight is 296 g/mol. The second-order valence-electron chi connectivity index (χ2n) is 6.73. The SMILES string of the molecule is CC(c1ccc(-c2nc(C3CC3)n(C)n2)cc1)N1CCCC1. The van der Waals surface area contributed by atoms with Crippen LogP contribution in [-0.2, 0) is 7.05 Å². The van der Waals surface area contributed by atoms with E-state index in [-0.39, 0.29) is 0 Å². The Balaban J connectivity index is 1.54. The number of likely N-dealkylation sites (tertiary alicyclic amines) is 1. The molecular formula is C18H24N4. The van der Waals surface area contributed by atoms with Crippen LogP contribution in [0.1, 0.15) is 56.0 Å². The second kappa shape index (κ2) is 5.51. The zero-order chi connectivity index (χ0) is 15.1. The van der Waals surface area contributed by atoms with E-state index in [2.05, 4.69) is 41.2 Å². The maximum Gasteiger partial charge on any atom is 0.181 e. The lowest BCUT2D eigenvalue weighted by atomic mass is 10.0. The third-order valence-electron chi connectivity index (χ3n) is 5.08. The highest BCUT2D eigenvalue weighted by Gasteiger charge is 2.29. The van der Waals surface area contributed by atoms with Crippen molar-refractivity contribution in [3.63, 3.8) is 0 Å². The van der Waals surface area contributed by atoms with Gasteiger partial charge in [-0.1, -0.05) is 24.3 Å². The van der Waals surface area contributed by atoms with Gasteiger partial charge in [0.1, 0.15) is 5.82 Å². The van der Waals surface area contributed by atoms with Gasteiger partial charge >= 0.3 is 0 Å². The Bertz CT molecular complexity index is 648. The number of aromatic nitrogens is 3. The van der Waals surface area contributed by atoms with Crippen molar-refractivity contribution >= 4 is 0 Å². The first-order valence-electron chi connectivity index (χ1n) is 8.47. The van der Waals surface area contributed by atoms with Crippen molar-refractivity contribution in [2.75, 3.05) is 13.1 Å². The molecule has 1 aliphatic carbocycles. The van der Waals surface area contributed by atoms with E-state index in [0.717, 1.165) is 17.2 Å². The van der Waals surface area contributed by atoms with Gasteiger partial charge in [-0.15, -0.1) is 0 Å². The quantitative estimate of drug-likeness (QED) is 0.865. The minimum absolute atomic E-state index is 0.510. The molecule has 2 fully saturated rings. The lowest BCUT2D eigenvalue weighted by Gasteiger charge is -2.24. The van der Waals surface area contributed by atoms with Crippen LogP contribution in [0.25, 0.3) is 11.4 Å². The third-order valence-corrected chi connectivity index (χ3v) is 5.08. The summed E-state index contributed by atoms with van der Waals surface area (Å²) in [6.45, 7) is 4.77. The molecule has 2 aliphatic rings. The lowest BCUT2D eigenvalue weighted by molar-refractivity contribution is 0.263. The number of hydrogen-bond acceptors (Lipinski definition) is 3. The van der Waals surface area contributed by atoms with Crippen molar-refractivity contribution in [3.05, 3.63) is 35.7 Å². The van der Waals surface area contributed by atoms with Crippen molar-refractivity contribution in [3.8, 4) is 11.4 Å². The summed E-state index contributed by atoms with van der Waals surface area (Å²) in [5.74, 6) is 2.65. The normalized spacial score (nSPS) is 20.5. The molecule has 1 aliphatic heterocycles. The van der Waals surface area contributed by atoms with Gasteiger partial charge in [0.25, 0.3) is 0 Å². The zero-order valence-corrected chi connectivity index (χ0v) is 13.5. The molecule has 4 rings (SSSR count). The van der Waals surface area contributed by atoms with E-state index in [4.69, 9.17) is 4.98 Å². The average Bonchev–Trinajstić information content (AvgIpc) is 3.09. The molecule has 0 radical (unpaired) electrons. The maximum atomic E-state index is 4.74. The number of hydrogen-bond donors (Lipinski definition) is 0. The van der Waals surface area contributed by atoms with Gasteiger partial charge in [-0.05, 0) is 51.3 Å². The molecule has 1 unspecified atom stereocenters. The first-order chi connectivity index (χ1) is 10.7. The van der Waals surface area contributed by atoms with Gasteiger partial charge in [0.2, 0.25) is 0 Å². The van der Waals surface area contributed by atoms with Gasteiger partial charge in [-0.25, -0.2) is 4.98 Å². The predicted octanol–water partition coefficient (Wildman–Crippen LogP) is 3.52. The number of aryl methyl sites for hydroxylation is 1. The molecule has 1 aromatic heterocycles. The summed E-state index contributed by atoms with van der Waals surface area (Å²) >= 11 is 0. The molecule has 1 saturated carbocycles. The Morgan fingerprint density at radius 1 is 1.09 bits per heavy atom. The minimum Gasteiger partial charge on any atom is -0.297 e. The molecule has 4 nitrogen and oxygen atoms in total. The third kappa shape index (κ3) is 2.56. The smallest absolute Gasteiger partial charge is 0.181 e. The highest BCUT2D eigenvalue weighted by molar-refractivity contribution is 5.55. The largest absolute Gasteiger partial charge is 0.297 e. The van der Waals surface area contributed by atoms with Crippen molar-refractivity contribution in [1.29, 1.82) is 0 Å². The van der Waals surface area contributed by atoms with Gasteiger partial charge in [-0.2, -0.15) is 5.10 Å². The molecule has 0 bridgehead atoms. The van der Waals surface area contributed by atoms with Crippen LogP contribution >= 0.6 is 0 Å². The molecule has 1 saturated heterocycles. The van der Waals surface area contributed by atoms with Crippen LogP contribution in [0.5, 0.6) is 0 Å². The summed E-state index contributed by atoms with van der Waals surface area (Å²) in [5, 5.41) is 4.59.